The van der Waals surface area contributed by atoms with Crippen molar-refractivity contribution in [2.45, 2.75) is 95.6 Å². The zero-order chi connectivity index (χ0) is 25.3. The monoisotopic (exact) mass is 515 g/mol. The fraction of sp³-hybridized carbons (Fsp3) is 0.828. The summed E-state index contributed by atoms with van der Waals surface area (Å²) in [4.78, 5) is 13.8. The summed E-state index contributed by atoms with van der Waals surface area (Å²) in [6, 6.07) is 0. The zero-order valence-electron chi connectivity index (χ0n) is 22.1. The third-order valence-corrected chi connectivity index (χ3v) is 11.8. The third-order valence-electron chi connectivity index (χ3n) is 11.5. The molecule has 1 aromatic rings. The van der Waals surface area contributed by atoms with E-state index in [9.17, 15) is 9.90 Å². The van der Waals surface area contributed by atoms with Crippen LogP contribution in [0.3, 0.4) is 0 Å². The van der Waals surface area contributed by atoms with Gasteiger partial charge in [-0.15, -0.1) is 16.7 Å². The number of hydrogen-bond acceptors (Lipinski definition) is 5. The summed E-state index contributed by atoms with van der Waals surface area (Å²) in [7, 11) is 1.85. The molecule has 5 aliphatic rings. The summed E-state index contributed by atoms with van der Waals surface area (Å²) in [5.74, 6) is 2.88. The minimum atomic E-state index is -0.538. The summed E-state index contributed by atoms with van der Waals surface area (Å²) in [6.07, 6.45) is 14.3. The standard InChI is InChI=1S/C29H42ClN3O3/c1-27(35)12-13-29(17-36-3)18(15-27)4-6-20-21-7-8-23(28(21,2)11-10-22(20)29)26(34)16-33-25-9-5-19(30)14-24(25)31-32-33/h5,9,18-23,35H,4,6-8,10-17H2,1-3H3/t18-,19?,20-,21-,22-,23+,27+,28-,29+/m0/s1. The summed E-state index contributed by atoms with van der Waals surface area (Å²) in [5.41, 5.74) is 1.56. The number of aromatic nitrogens is 3. The van der Waals surface area contributed by atoms with Crippen molar-refractivity contribution in [2.24, 2.45) is 40.4 Å². The molecule has 5 aliphatic carbocycles. The number of alkyl halides is 1. The van der Waals surface area contributed by atoms with Crippen LogP contribution in [0.25, 0.3) is 6.08 Å². The van der Waals surface area contributed by atoms with Crippen molar-refractivity contribution < 1.29 is 14.6 Å². The van der Waals surface area contributed by atoms with E-state index in [1.54, 1.807) is 4.68 Å². The molecule has 0 saturated heterocycles. The Morgan fingerprint density at radius 2 is 2.00 bits per heavy atom. The highest BCUT2D eigenvalue weighted by Crippen LogP contribution is 2.68. The minimum absolute atomic E-state index is 0.0465. The molecule has 6 nitrogen and oxygen atoms in total. The normalized spacial score (nSPS) is 45.5. The maximum atomic E-state index is 13.8. The van der Waals surface area contributed by atoms with Crippen molar-refractivity contribution >= 4 is 23.5 Å². The molecule has 6 rings (SSSR count). The molecule has 0 aliphatic heterocycles. The fourth-order valence-electron chi connectivity index (χ4n) is 9.82. The van der Waals surface area contributed by atoms with Gasteiger partial charge in [0.1, 0.15) is 6.54 Å². The van der Waals surface area contributed by atoms with E-state index in [0.717, 1.165) is 56.5 Å². The Bertz CT molecular complexity index is 1050. The van der Waals surface area contributed by atoms with Crippen LogP contribution < -0.4 is 0 Å². The molecule has 0 bridgehead atoms. The molecule has 36 heavy (non-hydrogen) atoms. The van der Waals surface area contributed by atoms with Crippen molar-refractivity contribution in [3.05, 3.63) is 17.5 Å². The number of fused-ring (bicyclic) bond motifs is 6. The van der Waals surface area contributed by atoms with Gasteiger partial charge in [0.2, 0.25) is 0 Å². The summed E-state index contributed by atoms with van der Waals surface area (Å²) < 4.78 is 7.70. The van der Waals surface area contributed by atoms with Crippen LogP contribution in [-0.2, 0) is 22.5 Å². The van der Waals surface area contributed by atoms with Crippen molar-refractivity contribution in [2.75, 3.05) is 13.7 Å². The van der Waals surface area contributed by atoms with Crippen molar-refractivity contribution in [1.29, 1.82) is 0 Å². The average molecular weight is 516 g/mol. The molecule has 0 spiro atoms. The first-order valence-corrected chi connectivity index (χ1v) is 14.6. The van der Waals surface area contributed by atoms with Gasteiger partial charge in [-0.25, -0.2) is 4.68 Å². The molecule has 1 aromatic heterocycles. The maximum absolute atomic E-state index is 13.8. The van der Waals surface area contributed by atoms with Crippen LogP contribution in [0.1, 0.15) is 83.0 Å². The number of aliphatic hydroxyl groups is 1. The van der Waals surface area contributed by atoms with Crippen LogP contribution >= 0.6 is 11.6 Å². The number of rotatable bonds is 5. The van der Waals surface area contributed by atoms with Crippen LogP contribution in [-0.4, -0.2) is 50.6 Å². The second-order valence-electron chi connectivity index (χ2n) is 13.3. The van der Waals surface area contributed by atoms with Crippen LogP contribution in [0.4, 0.5) is 0 Å². The summed E-state index contributed by atoms with van der Waals surface area (Å²) >= 11 is 6.25. The highest BCUT2D eigenvalue weighted by Gasteiger charge is 2.63. The van der Waals surface area contributed by atoms with Gasteiger partial charge in [0, 0.05) is 19.4 Å². The Hall–Kier alpha value is -1.24. The van der Waals surface area contributed by atoms with Gasteiger partial charge >= 0.3 is 0 Å². The molecule has 0 amide bonds. The van der Waals surface area contributed by atoms with E-state index in [4.69, 9.17) is 16.3 Å². The molecule has 4 saturated carbocycles. The smallest absolute Gasteiger partial charge is 0.157 e. The number of halogens is 1. The largest absolute Gasteiger partial charge is 0.390 e. The Balaban J connectivity index is 1.22. The predicted octanol–water partition coefficient (Wildman–Crippen LogP) is 5.06. The van der Waals surface area contributed by atoms with Crippen LogP contribution in [0.15, 0.2) is 6.08 Å². The first-order valence-electron chi connectivity index (χ1n) is 14.2. The maximum Gasteiger partial charge on any atom is 0.157 e. The summed E-state index contributed by atoms with van der Waals surface area (Å²) in [5, 5.41) is 19.5. The van der Waals surface area contributed by atoms with Crippen molar-refractivity contribution in [1.82, 2.24) is 15.0 Å². The second kappa shape index (κ2) is 8.91. The van der Waals surface area contributed by atoms with Gasteiger partial charge in [-0.3, -0.25) is 4.79 Å². The van der Waals surface area contributed by atoms with Crippen LogP contribution in [0.2, 0.25) is 0 Å². The lowest BCUT2D eigenvalue weighted by atomic mass is 9.43. The number of allylic oxidation sites excluding steroid dienone is 1. The molecule has 1 N–H and O–H groups in total. The Morgan fingerprint density at radius 1 is 1.17 bits per heavy atom. The molecule has 1 unspecified atom stereocenters. The number of ether oxygens (including phenoxy) is 1. The van der Waals surface area contributed by atoms with Gasteiger partial charge in [-0.1, -0.05) is 18.2 Å². The molecular formula is C29H42ClN3O3. The van der Waals surface area contributed by atoms with E-state index < -0.39 is 5.60 Å². The molecular weight excluding hydrogens is 474 g/mol. The van der Waals surface area contributed by atoms with E-state index in [1.165, 1.54) is 19.3 Å². The van der Waals surface area contributed by atoms with Gasteiger partial charge in [0.05, 0.1) is 29.0 Å². The van der Waals surface area contributed by atoms with E-state index in [-0.39, 0.29) is 22.1 Å². The van der Waals surface area contributed by atoms with Crippen LogP contribution in [0, 0.1) is 40.4 Å². The lowest BCUT2D eigenvalue weighted by Gasteiger charge is -2.62. The van der Waals surface area contributed by atoms with Gasteiger partial charge in [0.25, 0.3) is 0 Å². The molecule has 9 atom stereocenters. The van der Waals surface area contributed by atoms with Crippen molar-refractivity contribution in [3.63, 3.8) is 0 Å². The molecule has 0 aromatic carbocycles. The Morgan fingerprint density at radius 3 is 2.81 bits per heavy atom. The average Bonchev–Trinajstić information content (AvgIpc) is 3.39. The Labute approximate surface area is 220 Å². The van der Waals surface area contributed by atoms with E-state index >= 15 is 0 Å². The number of carbonyl (C=O) groups is 1. The number of Topliss-reactive ketones (excluding diaryl/α,β-unsaturated/α-hetero) is 1. The quantitative estimate of drug-likeness (QED) is 0.554. The molecule has 7 heteroatoms. The summed E-state index contributed by atoms with van der Waals surface area (Å²) in [6.45, 7) is 5.57. The molecule has 0 radical (unpaired) electrons. The SMILES string of the molecule is COC[C@]12CC[C@@](C)(O)C[C@@H]1CC[C@H]1[C@@H]3CC[C@H](C(=O)Cn4nnc5c4C=CC(Cl)C5)[C@@]3(C)CC[C@@H]12. The Kier molecular flexibility index (Phi) is 6.20. The van der Waals surface area contributed by atoms with Crippen molar-refractivity contribution in [3.8, 4) is 0 Å². The highest BCUT2D eigenvalue weighted by molar-refractivity contribution is 6.22. The minimum Gasteiger partial charge on any atom is -0.390 e. The number of methoxy groups -OCH3 is 1. The second-order valence-corrected chi connectivity index (χ2v) is 13.9. The lowest BCUT2D eigenvalue weighted by molar-refractivity contribution is -0.175. The van der Waals surface area contributed by atoms with E-state index in [0.29, 0.717) is 42.4 Å². The van der Waals surface area contributed by atoms with Gasteiger partial charge < -0.3 is 9.84 Å². The predicted molar refractivity (Wildman–Crippen MR) is 139 cm³/mol. The van der Waals surface area contributed by atoms with E-state index in [1.807, 2.05) is 26.2 Å². The number of nitrogens with zero attached hydrogens (tertiary/aromatic N) is 3. The third kappa shape index (κ3) is 3.84. The van der Waals surface area contributed by atoms with Gasteiger partial charge in [0.15, 0.2) is 5.78 Å². The zero-order valence-corrected chi connectivity index (χ0v) is 22.8. The van der Waals surface area contributed by atoms with Crippen LogP contribution in [0.5, 0.6) is 0 Å². The molecule has 4 fully saturated rings. The first-order chi connectivity index (χ1) is 17.2. The highest BCUT2D eigenvalue weighted by atomic mass is 35.5. The van der Waals surface area contributed by atoms with Gasteiger partial charge in [-0.05, 0) is 105 Å². The number of hydrogen-bond donors (Lipinski definition) is 1. The van der Waals surface area contributed by atoms with Gasteiger partial charge in [-0.2, -0.15) is 0 Å². The number of ketones is 1. The van der Waals surface area contributed by atoms with E-state index in [2.05, 4.69) is 17.2 Å². The number of carbonyl (C=O) groups excluding carboxylic acids is 1. The molecule has 1 heterocycles. The molecule has 198 valence electrons. The lowest BCUT2D eigenvalue weighted by Crippen LogP contribution is -2.58. The fourth-order valence-corrected chi connectivity index (χ4v) is 10.0. The first kappa shape index (κ1) is 25.1. The topological polar surface area (TPSA) is 77.2 Å².